The van der Waals surface area contributed by atoms with Gasteiger partial charge in [-0.15, -0.1) is 0 Å². The molecule has 1 saturated heterocycles. The molecule has 1 aliphatic heterocycles. The Morgan fingerprint density at radius 2 is 1.65 bits per heavy atom. The van der Waals surface area contributed by atoms with E-state index in [1.54, 1.807) is 31.2 Å². The molecule has 126 valence electrons. The first-order valence-electron chi connectivity index (χ1n) is 7.78. The van der Waals surface area contributed by atoms with Crippen molar-refractivity contribution in [1.29, 1.82) is 0 Å². The lowest BCUT2D eigenvalue weighted by atomic mass is 10.2. The van der Waals surface area contributed by atoms with Gasteiger partial charge in [-0.25, -0.2) is 0 Å². The predicted octanol–water partition coefficient (Wildman–Crippen LogP) is 0.633. The van der Waals surface area contributed by atoms with Crippen molar-refractivity contribution in [1.82, 2.24) is 4.90 Å². The molecule has 1 heterocycles. The smallest absolute Gasteiger partial charge is 0.238 e. The average molecular weight is 320 g/mol. The number of morpholine rings is 1. The van der Waals surface area contributed by atoms with Crippen LogP contribution in [0.1, 0.15) is 13.3 Å². The van der Waals surface area contributed by atoms with Crippen molar-refractivity contribution >= 4 is 23.2 Å². The summed E-state index contributed by atoms with van der Waals surface area (Å²) in [5, 5.41) is 5.61. The van der Waals surface area contributed by atoms with E-state index < -0.39 is 0 Å². The second-order valence-electron chi connectivity index (χ2n) is 5.74. The van der Waals surface area contributed by atoms with Crippen LogP contribution in [-0.4, -0.2) is 55.6 Å². The molecule has 1 aromatic carbocycles. The molecule has 0 aromatic heterocycles. The number of nitrogens with one attached hydrogen (secondary N) is 2. The van der Waals surface area contributed by atoms with E-state index in [0.717, 1.165) is 13.1 Å². The molecule has 1 atom stereocenters. The molecule has 4 N–H and O–H groups in total. The normalized spacial score (nSPS) is 16.6. The van der Waals surface area contributed by atoms with Gasteiger partial charge in [-0.05, 0) is 31.2 Å². The summed E-state index contributed by atoms with van der Waals surface area (Å²) in [7, 11) is 0. The number of nitrogens with zero attached hydrogens (tertiary/aromatic N) is 1. The number of benzene rings is 1. The number of hydrogen-bond acceptors (Lipinski definition) is 5. The average Bonchev–Trinajstić information content (AvgIpc) is 2.49. The highest BCUT2D eigenvalue weighted by molar-refractivity contribution is 5.93. The van der Waals surface area contributed by atoms with Crippen molar-refractivity contribution in [2.45, 2.75) is 19.4 Å². The minimum absolute atomic E-state index is 0.0550. The summed E-state index contributed by atoms with van der Waals surface area (Å²) in [4.78, 5) is 25.7. The zero-order chi connectivity index (χ0) is 16.7. The molecule has 2 amide bonds. The fourth-order valence-corrected chi connectivity index (χ4v) is 2.30. The summed E-state index contributed by atoms with van der Waals surface area (Å²) >= 11 is 0. The molecule has 1 aromatic rings. The van der Waals surface area contributed by atoms with Crippen LogP contribution < -0.4 is 16.4 Å². The SMILES string of the molecule is CC(N)CC(=O)Nc1ccc(NC(=O)CN2CCOCC2)cc1. The molecule has 0 bridgehead atoms. The van der Waals surface area contributed by atoms with Crippen molar-refractivity contribution in [3.8, 4) is 0 Å². The van der Waals surface area contributed by atoms with Gasteiger partial charge in [0.25, 0.3) is 0 Å². The first kappa shape index (κ1) is 17.4. The number of carbonyl (C=O) groups is 2. The number of amides is 2. The first-order chi connectivity index (χ1) is 11.0. The van der Waals surface area contributed by atoms with Crippen LogP contribution in [0.3, 0.4) is 0 Å². The molecule has 1 unspecified atom stereocenters. The third-order valence-corrected chi connectivity index (χ3v) is 3.43. The molecule has 1 fully saturated rings. The van der Waals surface area contributed by atoms with Gasteiger partial charge < -0.3 is 21.1 Å². The van der Waals surface area contributed by atoms with Gasteiger partial charge in [0.05, 0.1) is 19.8 Å². The van der Waals surface area contributed by atoms with Gasteiger partial charge in [0.15, 0.2) is 0 Å². The van der Waals surface area contributed by atoms with Crippen LogP contribution in [0.5, 0.6) is 0 Å². The van der Waals surface area contributed by atoms with E-state index in [1.807, 2.05) is 0 Å². The first-order valence-corrected chi connectivity index (χ1v) is 7.78. The van der Waals surface area contributed by atoms with E-state index in [2.05, 4.69) is 15.5 Å². The third kappa shape index (κ3) is 6.35. The second-order valence-corrected chi connectivity index (χ2v) is 5.74. The third-order valence-electron chi connectivity index (χ3n) is 3.43. The minimum Gasteiger partial charge on any atom is -0.379 e. The summed E-state index contributed by atoms with van der Waals surface area (Å²) in [6, 6.07) is 6.86. The quantitative estimate of drug-likeness (QED) is 0.714. The summed E-state index contributed by atoms with van der Waals surface area (Å²) in [6.07, 6.45) is 0.276. The number of hydrogen-bond donors (Lipinski definition) is 3. The van der Waals surface area contributed by atoms with Gasteiger partial charge in [-0.2, -0.15) is 0 Å². The van der Waals surface area contributed by atoms with Gasteiger partial charge in [0.1, 0.15) is 0 Å². The van der Waals surface area contributed by atoms with E-state index in [0.29, 0.717) is 31.1 Å². The van der Waals surface area contributed by atoms with E-state index in [4.69, 9.17) is 10.5 Å². The van der Waals surface area contributed by atoms with Crippen LogP contribution in [0.4, 0.5) is 11.4 Å². The van der Waals surface area contributed by atoms with E-state index in [-0.39, 0.29) is 24.3 Å². The van der Waals surface area contributed by atoms with Crippen LogP contribution in [0.2, 0.25) is 0 Å². The molecule has 23 heavy (non-hydrogen) atoms. The zero-order valence-corrected chi connectivity index (χ0v) is 13.4. The fraction of sp³-hybridized carbons (Fsp3) is 0.500. The summed E-state index contributed by atoms with van der Waals surface area (Å²) < 4.78 is 5.25. The van der Waals surface area contributed by atoms with Crippen molar-refractivity contribution in [3.05, 3.63) is 24.3 Å². The number of carbonyl (C=O) groups excluding carboxylic acids is 2. The highest BCUT2D eigenvalue weighted by Crippen LogP contribution is 2.14. The molecule has 2 rings (SSSR count). The number of nitrogens with two attached hydrogens (primary N) is 1. The van der Waals surface area contributed by atoms with Crippen LogP contribution in [0.25, 0.3) is 0 Å². The maximum atomic E-state index is 12.0. The maximum absolute atomic E-state index is 12.0. The number of anilines is 2. The summed E-state index contributed by atoms with van der Waals surface area (Å²) in [6.45, 7) is 5.03. The zero-order valence-electron chi connectivity index (χ0n) is 13.4. The van der Waals surface area contributed by atoms with Gasteiger partial charge in [-0.3, -0.25) is 14.5 Å². The van der Waals surface area contributed by atoms with Crippen molar-refractivity contribution in [3.63, 3.8) is 0 Å². The Morgan fingerprint density at radius 1 is 1.13 bits per heavy atom. The van der Waals surface area contributed by atoms with Crippen LogP contribution >= 0.6 is 0 Å². The predicted molar refractivity (Wildman–Crippen MR) is 89.2 cm³/mol. The molecule has 7 heteroatoms. The summed E-state index contributed by atoms with van der Waals surface area (Å²) in [5.41, 5.74) is 6.97. The molecule has 0 radical (unpaired) electrons. The van der Waals surface area contributed by atoms with E-state index in [1.165, 1.54) is 0 Å². The lowest BCUT2D eigenvalue weighted by Crippen LogP contribution is -2.41. The van der Waals surface area contributed by atoms with Crippen molar-refractivity contribution in [2.24, 2.45) is 5.73 Å². The Bertz CT molecular complexity index is 525. The van der Waals surface area contributed by atoms with Gasteiger partial charge in [0, 0.05) is 36.9 Å². The molecule has 0 saturated carbocycles. The highest BCUT2D eigenvalue weighted by Gasteiger charge is 2.14. The minimum atomic E-state index is -0.172. The molecular weight excluding hydrogens is 296 g/mol. The van der Waals surface area contributed by atoms with Gasteiger partial charge in [-0.1, -0.05) is 0 Å². The Balaban J connectivity index is 1.79. The van der Waals surface area contributed by atoms with E-state index >= 15 is 0 Å². The van der Waals surface area contributed by atoms with Gasteiger partial charge in [0.2, 0.25) is 11.8 Å². The number of ether oxygens (including phenoxy) is 1. The molecule has 0 aliphatic carbocycles. The topological polar surface area (TPSA) is 96.7 Å². The molecular formula is C16H24N4O3. The van der Waals surface area contributed by atoms with Crippen LogP contribution in [0, 0.1) is 0 Å². The molecule has 0 spiro atoms. The van der Waals surface area contributed by atoms with Crippen molar-refractivity contribution < 1.29 is 14.3 Å². The summed E-state index contributed by atoms with van der Waals surface area (Å²) in [5.74, 6) is -0.176. The number of rotatable bonds is 6. The monoisotopic (exact) mass is 320 g/mol. The van der Waals surface area contributed by atoms with Crippen LogP contribution in [-0.2, 0) is 14.3 Å². The molecule has 7 nitrogen and oxygen atoms in total. The second kappa shape index (κ2) is 8.61. The Morgan fingerprint density at radius 3 is 2.17 bits per heavy atom. The Labute approximate surface area is 136 Å². The lowest BCUT2D eigenvalue weighted by Gasteiger charge is -2.25. The Kier molecular flexibility index (Phi) is 6.52. The fourth-order valence-electron chi connectivity index (χ4n) is 2.30. The standard InChI is InChI=1S/C16H24N4O3/c1-12(17)10-15(21)18-13-2-4-14(5-3-13)19-16(22)11-20-6-8-23-9-7-20/h2-5,12H,6-11,17H2,1H3,(H,18,21)(H,19,22). The molecule has 1 aliphatic rings. The lowest BCUT2D eigenvalue weighted by molar-refractivity contribution is -0.118. The largest absolute Gasteiger partial charge is 0.379 e. The van der Waals surface area contributed by atoms with Gasteiger partial charge >= 0.3 is 0 Å². The van der Waals surface area contributed by atoms with Crippen LogP contribution in [0.15, 0.2) is 24.3 Å². The van der Waals surface area contributed by atoms with E-state index in [9.17, 15) is 9.59 Å². The highest BCUT2D eigenvalue weighted by atomic mass is 16.5. The van der Waals surface area contributed by atoms with Crippen molar-refractivity contribution in [2.75, 3.05) is 43.5 Å². The maximum Gasteiger partial charge on any atom is 0.238 e. The Hall–Kier alpha value is -1.96.